The fourth-order valence-corrected chi connectivity index (χ4v) is 2.31. The van der Waals surface area contributed by atoms with Crippen LogP contribution in [0.5, 0.6) is 5.75 Å². The van der Waals surface area contributed by atoms with Crippen molar-refractivity contribution in [2.24, 2.45) is 0 Å². The summed E-state index contributed by atoms with van der Waals surface area (Å²) in [6.45, 7) is 4.41. The molecule has 1 unspecified atom stereocenters. The van der Waals surface area contributed by atoms with E-state index >= 15 is 0 Å². The van der Waals surface area contributed by atoms with Gasteiger partial charge in [-0.2, -0.15) is 0 Å². The molecule has 0 aromatic heterocycles. The molecule has 122 valence electrons. The van der Waals surface area contributed by atoms with E-state index < -0.39 is 6.23 Å². The summed E-state index contributed by atoms with van der Waals surface area (Å²) in [5.41, 5.74) is 2.47. The smallest absolute Gasteiger partial charge is 0.317 e. The molecule has 2 amide bonds. The highest BCUT2D eigenvalue weighted by molar-refractivity contribution is 6.30. The summed E-state index contributed by atoms with van der Waals surface area (Å²) in [7, 11) is 0. The molecule has 2 aromatic rings. The van der Waals surface area contributed by atoms with Crippen molar-refractivity contribution in [3.05, 3.63) is 64.7 Å². The van der Waals surface area contributed by atoms with Crippen molar-refractivity contribution < 1.29 is 9.53 Å². The van der Waals surface area contributed by atoms with Crippen LogP contribution in [0, 0.1) is 6.92 Å². The highest BCUT2D eigenvalue weighted by atomic mass is 35.5. The Morgan fingerprint density at radius 2 is 1.87 bits per heavy atom. The number of nitrogens with one attached hydrogen (secondary N) is 2. The van der Waals surface area contributed by atoms with Gasteiger partial charge in [-0.25, -0.2) is 4.79 Å². The standard InChI is InChI=1S/C18H21ClN2O2/c1-13-5-3-4-6-15(13)11-12-20-18(22)21-14(2)23-17-9-7-16(19)8-10-17/h3-10,14H,11-12H2,1-2H3,(H2,20,21,22). The zero-order chi connectivity index (χ0) is 16.7. The van der Waals surface area contributed by atoms with Crippen molar-refractivity contribution in [2.45, 2.75) is 26.5 Å². The third-order valence-electron chi connectivity index (χ3n) is 3.40. The van der Waals surface area contributed by atoms with Gasteiger partial charge in [0, 0.05) is 11.6 Å². The molecule has 2 aromatic carbocycles. The molecule has 5 heteroatoms. The molecule has 0 bridgehead atoms. The first kappa shape index (κ1) is 17.2. The van der Waals surface area contributed by atoms with Gasteiger partial charge >= 0.3 is 6.03 Å². The van der Waals surface area contributed by atoms with Crippen molar-refractivity contribution in [2.75, 3.05) is 6.54 Å². The van der Waals surface area contributed by atoms with Crippen molar-refractivity contribution in [3.8, 4) is 5.75 Å². The number of aryl methyl sites for hydroxylation is 1. The lowest BCUT2D eigenvalue weighted by Gasteiger charge is -2.17. The summed E-state index contributed by atoms with van der Waals surface area (Å²) in [5.74, 6) is 0.655. The lowest BCUT2D eigenvalue weighted by molar-refractivity contribution is 0.177. The van der Waals surface area contributed by atoms with Gasteiger partial charge in [-0.15, -0.1) is 0 Å². The van der Waals surface area contributed by atoms with E-state index in [-0.39, 0.29) is 6.03 Å². The van der Waals surface area contributed by atoms with Crippen molar-refractivity contribution >= 4 is 17.6 Å². The van der Waals surface area contributed by atoms with Crippen LogP contribution in [0.1, 0.15) is 18.1 Å². The molecular formula is C18H21ClN2O2. The normalized spacial score (nSPS) is 11.6. The van der Waals surface area contributed by atoms with Gasteiger partial charge in [0.1, 0.15) is 5.75 Å². The Balaban J connectivity index is 1.71. The second-order valence-electron chi connectivity index (χ2n) is 5.29. The van der Waals surface area contributed by atoms with Gasteiger partial charge in [-0.3, -0.25) is 0 Å². The third-order valence-corrected chi connectivity index (χ3v) is 3.65. The third kappa shape index (κ3) is 5.83. The van der Waals surface area contributed by atoms with Crippen molar-refractivity contribution in [1.29, 1.82) is 0 Å². The van der Waals surface area contributed by atoms with Crippen LogP contribution in [-0.4, -0.2) is 18.8 Å². The number of carbonyl (C=O) groups is 1. The summed E-state index contributed by atoms with van der Waals surface area (Å²) in [4.78, 5) is 11.8. The maximum absolute atomic E-state index is 11.8. The highest BCUT2D eigenvalue weighted by Crippen LogP contribution is 2.16. The summed E-state index contributed by atoms with van der Waals surface area (Å²) in [6, 6.07) is 14.9. The minimum Gasteiger partial charge on any atom is -0.471 e. The number of halogens is 1. The molecule has 0 aliphatic heterocycles. The Labute approximate surface area is 141 Å². The first-order valence-electron chi connectivity index (χ1n) is 7.55. The molecule has 0 saturated carbocycles. The first-order valence-corrected chi connectivity index (χ1v) is 7.93. The van der Waals surface area contributed by atoms with Crippen LogP contribution in [0.3, 0.4) is 0 Å². The van der Waals surface area contributed by atoms with E-state index in [2.05, 4.69) is 29.7 Å². The number of urea groups is 1. The van der Waals surface area contributed by atoms with E-state index in [1.807, 2.05) is 12.1 Å². The Kier molecular flexibility index (Phi) is 6.29. The number of ether oxygens (including phenoxy) is 1. The van der Waals surface area contributed by atoms with Crippen molar-refractivity contribution in [1.82, 2.24) is 10.6 Å². The maximum Gasteiger partial charge on any atom is 0.317 e. The number of hydrogen-bond acceptors (Lipinski definition) is 2. The summed E-state index contributed by atoms with van der Waals surface area (Å²) >= 11 is 5.82. The Hall–Kier alpha value is -2.20. The molecule has 0 fully saturated rings. The molecule has 1 atom stereocenters. The molecule has 2 N–H and O–H groups in total. The average molecular weight is 333 g/mol. The van der Waals surface area contributed by atoms with E-state index in [1.54, 1.807) is 31.2 Å². The Morgan fingerprint density at radius 3 is 2.57 bits per heavy atom. The number of rotatable bonds is 6. The topological polar surface area (TPSA) is 50.4 Å². The lowest BCUT2D eigenvalue weighted by atomic mass is 10.1. The highest BCUT2D eigenvalue weighted by Gasteiger charge is 2.08. The predicted octanol–water partition coefficient (Wildman–Crippen LogP) is 3.92. The molecule has 23 heavy (non-hydrogen) atoms. The summed E-state index contributed by atoms with van der Waals surface area (Å²) in [6.07, 6.45) is 0.363. The molecule has 0 spiro atoms. The molecule has 0 aliphatic rings. The van der Waals surface area contributed by atoms with E-state index in [1.165, 1.54) is 11.1 Å². The van der Waals surface area contributed by atoms with E-state index in [4.69, 9.17) is 16.3 Å². The molecule has 0 saturated heterocycles. The van der Waals surface area contributed by atoms with Crippen LogP contribution < -0.4 is 15.4 Å². The van der Waals surface area contributed by atoms with Gasteiger partial charge in [0.05, 0.1) is 0 Å². The molecule has 0 heterocycles. The Morgan fingerprint density at radius 1 is 1.17 bits per heavy atom. The molecule has 0 radical (unpaired) electrons. The molecular weight excluding hydrogens is 312 g/mol. The number of carbonyl (C=O) groups excluding carboxylic acids is 1. The largest absolute Gasteiger partial charge is 0.471 e. The first-order chi connectivity index (χ1) is 11.0. The molecule has 0 aliphatic carbocycles. The van der Waals surface area contributed by atoms with Gasteiger partial charge in [-0.05, 0) is 55.7 Å². The van der Waals surface area contributed by atoms with Crippen LogP contribution in [-0.2, 0) is 6.42 Å². The van der Waals surface area contributed by atoms with Crippen LogP contribution in [0.25, 0.3) is 0 Å². The monoisotopic (exact) mass is 332 g/mol. The van der Waals surface area contributed by atoms with Crippen LogP contribution in [0.4, 0.5) is 4.79 Å². The molecule has 4 nitrogen and oxygen atoms in total. The van der Waals surface area contributed by atoms with E-state index in [9.17, 15) is 4.79 Å². The quantitative estimate of drug-likeness (QED) is 0.788. The van der Waals surface area contributed by atoms with Gasteiger partial charge in [0.25, 0.3) is 0 Å². The fraction of sp³-hybridized carbons (Fsp3) is 0.278. The second kappa shape index (κ2) is 8.44. The Bertz CT molecular complexity index is 644. The SMILES string of the molecule is Cc1ccccc1CCNC(=O)NC(C)Oc1ccc(Cl)cc1. The van der Waals surface area contributed by atoms with Gasteiger partial charge in [-0.1, -0.05) is 35.9 Å². The zero-order valence-electron chi connectivity index (χ0n) is 13.3. The number of hydrogen-bond donors (Lipinski definition) is 2. The van der Waals surface area contributed by atoms with Crippen molar-refractivity contribution in [3.63, 3.8) is 0 Å². The van der Waals surface area contributed by atoms with Gasteiger partial charge in [0.15, 0.2) is 6.23 Å². The van der Waals surface area contributed by atoms with Gasteiger partial charge < -0.3 is 15.4 Å². The fourth-order valence-electron chi connectivity index (χ4n) is 2.18. The second-order valence-corrected chi connectivity index (χ2v) is 5.73. The van der Waals surface area contributed by atoms with Gasteiger partial charge in [0.2, 0.25) is 0 Å². The summed E-state index contributed by atoms with van der Waals surface area (Å²) < 4.78 is 5.59. The van der Waals surface area contributed by atoms with E-state index in [0.717, 1.165) is 6.42 Å². The number of amides is 2. The van der Waals surface area contributed by atoms with E-state index in [0.29, 0.717) is 17.3 Å². The zero-order valence-corrected chi connectivity index (χ0v) is 14.1. The van der Waals surface area contributed by atoms with Crippen LogP contribution in [0.2, 0.25) is 5.02 Å². The predicted molar refractivity (Wildman–Crippen MR) is 93.0 cm³/mol. The lowest BCUT2D eigenvalue weighted by Crippen LogP contribution is -2.43. The van der Waals surface area contributed by atoms with Crippen LogP contribution in [0.15, 0.2) is 48.5 Å². The van der Waals surface area contributed by atoms with Crippen LogP contribution >= 0.6 is 11.6 Å². The summed E-state index contributed by atoms with van der Waals surface area (Å²) in [5, 5.41) is 6.22. The minimum atomic E-state index is -0.436. The maximum atomic E-state index is 11.8. The number of benzene rings is 2. The minimum absolute atomic E-state index is 0.250. The molecule has 2 rings (SSSR count). The average Bonchev–Trinajstić information content (AvgIpc) is 2.51.